The van der Waals surface area contributed by atoms with Crippen molar-refractivity contribution in [1.29, 1.82) is 0 Å². The van der Waals surface area contributed by atoms with Crippen molar-refractivity contribution in [3.63, 3.8) is 0 Å². The van der Waals surface area contributed by atoms with Crippen LogP contribution in [0.5, 0.6) is 0 Å². The first-order valence-electron chi connectivity index (χ1n) is 5.62. The van der Waals surface area contributed by atoms with Crippen molar-refractivity contribution in [3.05, 3.63) is 63.9 Å². The summed E-state index contributed by atoms with van der Waals surface area (Å²) in [5.74, 6) is 4.27. The average Bonchev–Trinajstić information content (AvgIpc) is 2.40. The number of nitrogens with two attached hydrogens (primary N) is 1. The van der Waals surface area contributed by atoms with Gasteiger partial charge >= 0.3 is 0 Å². The van der Waals surface area contributed by atoms with Gasteiger partial charge in [0, 0.05) is 22.7 Å². The Morgan fingerprint density at radius 1 is 1.21 bits per heavy atom. The zero-order chi connectivity index (χ0) is 13.8. The van der Waals surface area contributed by atoms with Gasteiger partial charge in [0.15, 0.2) is 0 Å². The molecule has 6 heteroatoms. The van der Waals surface area contributed by atoms with E-state index in [2.05, 4.69) is 26.3 Å². The molecule has 1 aromatic carbocycles. The Balaban J connectivity index is 2.26. The van der Waals surface area contributed by atoms with Gasteiger partial charge in [-0.3, -0.25) is 16.3 Å². The minimum absolute atomic E-state index is 0.00447. The van der Waals surface area contributed by atoms with Crippen molar-refractivity contribution < 1.29 is 8.78 Å². The molecule has 2 rings (SSSR count). The minimum Gasteiger partial charge on any atom is -0.271 e. The molecule has 19 heavy (non-hydrogen) atoms. The summed E-state index contributed by atoms with van der Waals surface area (Å²) >= 11 is 3.27. The van der Waals surface area contributed by atoms with Gasteiger partial charge in [-0.15, -0.1) is 0 Å². The molecular formula is C13H12BrF2N3. The summed E-state index contributed by atoms with van der Waals surface area (Å²) in [6.45, 7) is 0. The smallest absolute Gasteiger partial charge is 0.129 e. The maximum atomic E-state index is 13.6. The summed E-state index contributed by atoms with van der Waals surface area (Å²) < 4.78 is 28.0. The number of rotatable bonds is 4. The monoisotopic (exact) mass is 327 g/mol. The zero-order valence-electron chi connectivity index (χ0n) is 9.91. The Morgan fingerprint density at radius 2 is 1.89 bits per heavy atom. The second-order valence-corrected chi connectivity index (χ2v) is 4.94. The van der Waals surface area contributed by atoms with Crippen LogP contribution in [0.15, 0.2) is 41.0 Å². The third kappa shape index (κ3) is 3.34. The van der Waals surface area contributed by atoms with Gasteiger partial charge < -0.3 is 0 Å². The molecule has 0 aliphatic carbocycles. The fourth-order valence-corrected chi connectivity index (χ4v) is 2.01. The molecule has 0 spiro atoms. The summed E-state index contributed by atoms with van der Waals surface area (Å²) in [5.41, 5.74) is 3.14. The summed E-state index contributed by atoms with van der Waals surface area (Å²) in [6, 6.07) is 6.86. The van der Waals surface area contributed by atoms with Crippen LogP contribution in [-0.2, 0) is 6.42 Å². The van der Waals surface area contributed by atoms with E-state index >= 15 is 0 Å². The largest absolute Gasteiger partial charge is 0.271 e. The van der Waals surface area contributed by atoms with Crippen LogP contribution in [0.1, 0.15) is 17.3 Å². The number of pyridine rings is 1. The first-order valence-corrected chi connectivity index (χ1v) is 6.41. The number of nitrogens with one attached hydrogen (secondary N) is 1. The van der Waals surface area contributed by atoms with Gasteiger partial charge in [-0.05, 0) is 40.2 Å². The highest BCUT2D eigenvalue weighted by molar-refractivity contribution is 9.10. The molecule has 0 radical (unpaired) electrons. The first kappa shape index (κ1) is 14.0. The Labute approximate surface area is 117 Å². The van der Waals surface area contributed by atoms with Crippen LogP contribution in [0, 0.1) is 11.6 Å². The number of benzene rings is 1. The second kappa shape index (κ2) is 6.18. The van der Waals surface area contributed by atoms with Crippen LogP contribution in [0.4, 0.5) is 8.78 Å². The molecule has 0 saturated carbocycles. The van der Waals surface area contributed by atoms with Crippen LogP contribution in [0.2, 0.25) is 0 Å². The molecule has 0 bridgehead atoms. The molecule has 0 amide bonds. The molecule has 100 valence electrons. The maximum absolute atomic E-state index is 13.6. The lowest BCUT2D eigenvalue weighted by atomic mass is 10.0. The molecular weight excluding hydrogens is 316 g/mol. The van der Waals surface area contributed by atoms with Crippen molar-refractivity contribution >= 4 is 15.9 Å². The Hall–Kier alpha value is -1.37. The van der Waals surface area contributed by atoms with E-state index in [1.165, 1.54) is 18.2 Å². The predicted octanol–water partition coefficient (Wildman–Crippen LogP) is 2.87. The van der Waals surface area contributed by atoms with E-state index in [1.807, 2.05) is 0 Å². The quantitative estimate of drug-likeness (QED) is 0.670. The van der Waals surface area contributed by atoms with E-state index in [4.69, 9.17) is 5.84 Å². The van der Waals surface area contributed by atoms with Crippen LogP contribution in [-0.4, -0.2) is 4.98 Å². The van der Waals surface area contributed by atoms with Crippen molar-refractivity contribution in [1.82, 2.24) is 10.4 Å². The van der Waals surface area contributed by atoms with Gasteiger partial charge in [-0.1, -0.05) is 6.07 Å². The molecule has 0 aliphatic rings. The van der Waals surface area contributed by atoms with Gasteiger partial charge in [0.2, 0.25) is 0 Å². The third-order valence-corrected chi connectivity index (χ3v) is 3.25. The zero-order valence-corrected chi connectivity index (χ0v) is 11.5. The highest BCUT2D eigenvalue weighted by Crippen LogP contribution is 2.21. The lowest BCUT2D eigenvalue weighted by Crippen LogP contribution is -2.30. The van der Waals surface area contributed by atoms with Gasteiger partial charge in [-0.25, -0.2) is 8.78 Å². The molecule has 0 saturated heterocycles. The molecule has 1 heterocycles. The van der Waals surface area contributed by atoms with E-state index in [0.717, 1.165) is 4.47 Å². The Bertz CT molecular complexity index is 540. The topological polar surface area (TPSA) is 50.9 Å². The molecule has 1 aromatic heterocycles. The summed E-state index contributed by atoms with van der Waals surface area (Å²) in [6.07, 6.45) is 1.70. The van der Waals surface area contributed by atoms with Crippen LogP contribution in [0.3, 0.4) is 0 Å². The lowest BCUT2D eigenvalue weighted by Gasteiger charge is -2.16. The summed E-state index contributed by atoms with van der Waals surface area (Å²) in [7, 11) is 0. The van der Waals surface area contributed by atoms with Gasteiger partial charge in [0.25, 0.3) is 0 Å². The first-order chi connectivity index (χ1) is 9.11. The normalized spacial score (nSPS) is 12.4. The second-order valence-electron chi connectivity index (χ2n) is 4.02. The number of nitrogens with zero attached hydrogens (tertiary/aromatic N) is 1. The minimum atomic E-state index is -0.586. The highest BCUT2D eigenvalue weighted by Gasteiger charge is 2.17. The predicted molar refractivity (Wildman–Crippen MR) is 72.1 cm³/mol. The molecule has 0 aliphatic heterocycles. The fraction of sp³-hybridized carbons (Fsp3) is 0.154. The number of hydrogen-bond donors (Lipinski definition) is 2. The Kier molecular flexibility index (Phi) is 4.57. The van der Waals surface area contributed by atoms with E-state index in [1.54, 1.807) is 18.3 Å². The van der Waals surface area contributed by atoms with Crippen molar-refractivity contribution in [2.75, 3.05) is 0 Å². The van der Waals surface area contributed by atoms with E-state index in [9.17, 15) is 8.78 Å². The number of hydrazine groups is 1. The molecule has 1 atom stereocenters. The van der Waals surface area contributed by atoms with E-state index in [-0.39, 0.29) is 12.0 Å². The Morgan fingerprint density at radius 3 is 2.42 bits per heavy atom. The van der Waals surface area contributed by atoms with Crippen LogP contribution in [0.25, 0.3) is 0 Å². The van der Waals surface area contributed by atoms with Gasteiger partial charge in [0.1, 0.15) is 11.6 Å². The van der Waals surface area contributed by atoms with E-state index < -0.39 is 17.7 Å². The summed E-state index contributed by atoms with van der Waals surface area (Å²) in [5, 5.41) is 0. The van der Waals surface area contributed by atoms with Gasteiger partial charge in [-0.2, -0.15) is 0 Å². The average molecular weight is 328 g/mol. The standard InChI is InChI=1S/C13H12BrF2N3/c14-8-4-5-12(18-7-8)13(19-17)6-9-10(15)2-1-3-11(9)16/h1-5,7,13,19H,6,17H2. The molecule has 3 nitrogen and oxygen atoms in total. The molecule has 0 fully saturated rings. The van der Waals surface area contributed by atoms with Crippen molar-refractivity contribution in [2.45, 2.75) is 12.5 Å². The molecule has 2 aromatic rings. The SMILES string of the molecule is NNC(Cc1c(F)cccc1F)c1ccc(Br)cn1. The highest BCUT2D eigenvalue weighted by atomic mass is 79.9. The summed E-state index contributed by atoms with van der Waals surface area (Å²) in [4.78, 5) is 4.17. The van der Waals surface area contributed by atoms with Gasteiger partial charge in [0.05, 0.1) is 11.7 Å². The lowest BCUT2D eigenvalue weighted by molar-refractivity contribution is 0.493. The molecule has 1 unspecified atom stereocenters. The van der Waals surface area contributed by atoms with Crippen LogP contribution < -0.4 is 11.3 Å². The molecule has 3 N–H and O–H groups in total. The van der Waals surface area contributed by atoms with Crippen molar-refractivity contribution in [3.8, 4) is 0 Å². The maximum Gasteiger partial charge on any atom is 0.129 e. The number of hydrogen-bond acceptors (Lipinski definition) is 3. The third-order valence-electron chi connectivity index (χ3n) is 2.78. The fourth-order valence-electron chi connectivity index (χ4n) is 1.77. The number of aromatic nitrogens is 1. The van der Waals surface area contributed by atoms with Crippen molar-refractivity contribution in [2.24, 2.45) is 5.84 Å². The van der Waals surface area contributed by atoms with E-state index in [0.29, 0.717) is 5.69 Å². The number of halogens is 3. The van der Waals surface area contributed by atoms with Crippen LogP contribution >= 0.6 is 15.9 Å².